The molecule has 1 heterocycles. The summed E-state index contributed by atoms with van der Waals surface area (Å²) in [6, 6.07) is 8.23. The van der Waals surface area contributed by atoms with Crippen LogP contribution in [0.1, 0.15) is 16.1 Å². The first-order chi connectivity index (χ1) is 8.56. The minimum Gasteiger partial charge on any atom is -0.399 e. The van der Waals surface area contributed by atoms with Crippen LogP contribution in [0.5, 0.6) is 0 Å². The Bertz CT molecular complexity index is 582. The zero-order valence-corrected chi connectivity index (χ0v) is 10.9. The molecule has 0 aliphatic heterocycles. The van der Waals surface area contributed by atoms with Crippen molar-refractivity contribution in [3.8, 4) is 0 Å². The third kappa shape index (κ3) is 3.00. The number of carbonyl (C=O) groups excluding carboxylic acids is 1. The molecule has 1 aromatic heterocycles. The van der Waals surface area contributed by atoms with Crippen molar-refractivity contribution in [1.29, 1.82) is 0 Å². The number of hydrogen-bond acceptors (Lipinski definition) is 3. The van der Waals surface area contributed by atoms with Gasteiger partial charge in [-0.15, -0.1) is 0 Å². The van der Waals surface area contributed by atoms with Crippen LogP contribution in [0.15, 0.2) is 36.5 Å². The van der Waals surface area contributed by atoms with Crippen molar-refractivity contribution in [3.05, 3.63) is 57.8 Å². The second-order valence-electron chi connectivity index (χ2n) is 3.81. The fourth-order valence-corrected chi connectivity index (χ4v) is 1.86. The van der Waals surface area contributed by atoms with E-state index in [1.165, 1.54) is 6.20 Å². The largest absolute Gasteiger partial charge is 0.399 e. The van der Waals surface area contributed by atoms with E-state index in [4.69, 9.17) is 28.9 Å². The van der Waals surface area contributed by atoms with E-state index in [1.807, 2.05) is 0 Å². The number of anilines is 1. The average Bonchev–Trinajstić information content (AvgIpc) is 2.35. The standard InChI is InChI=1S/C13H10Cl2N2O/c14-8-1-3-10(17-7-8)6-13(18)11-5-9(16)2-4-12(11)15/h1-5,7H,6,16H2. The van der Waals surface area contributed by atoms with Crippen molar-refractivity contribution in [1.82, 2.24) is 4.98 Å². The number of halogens is 2. The van der Waals surface area contributed by atoms with Crippen molar-refractivity contribution < 1.29 is 4.79 Å². The average molecular weight is 281 g/mol. The highest BCUT2D eigenvalue weighted by Gasteiger charge is 2.12. The van der Waals surface area contributed by atoms with Gasteiger partial charge in [0.05, 0.1) is 16.5 Å². The Balaban J connectivity index is 2.21. The summed E-state index contributed by atoms with van der Waals surface area (Å²) >= 11 is 11.7. The number of carbonyl (C=O) groups is 1. The maximum absolute atomic E-state index is 12.1. The minimum absolute atomic E-state index is 0.123. The van der Waals surface area contributed by atoms with E-state index in [-0.39, 0.29) is 12.2 Å². The molecule has 0 saturated carbocycles. The van der Waals surface area contributed by atoms with E-state index < -0.39 is 0 Å². The van der Waals surface area contributed by atoms with Crippen LogP contribution in [0.3, 0.4) is 0 Å². The summed E-state index contributed by atoms with van der Waals surface area (Å²) in [4.78, 5) is 16.1. The summed E-state index contributed by atoms with van der Waals surface area (Å²) in [5, 5.41) is 0.927. The number of nitrogens with zero attached hydrogens (tertiary/aromatic N) is 1. The van der Waals surface area contributed by atoms with Gasteiger partial charge in [0.1, 0.15) is 0 Å². The van der Waals surface area contributed by atoms with Crippen LogP contribution in [0, 0.1) is 0 Å². The lowest BCUT2D eigenvalue weighted by molar-refractivity contribution is 0.0992. The molecule has 0 amide bonds. The molecular formula is C13H10Cl2N2O. The zero-order valence-electron chi connectivity index (χ0n) is 9.36. The molecule has 0 saturated heterocycles. The van der Waals surface area contributed by atoms with Gasteiger partial charge >= 0.3 is 0 Å². The van der Waals surface area contributed by atoms with Crippen molar-refractivity contribution in [2.24, 2.45) is 0 Å². The fraction of sp³-hybridized carbons (Fsp3) is 0.0769. The highest BCUT2D eigenvalue weighted by atomic mass is 35.5. The van der Waals surface area contributed by atoms with Crippen LogP contribution >= 0.6 is 23.2 Å². The summed E-state index contributed by atoms with van der Waals surface area (Å²) < 4.78 is 0. The summed E-state index contributed by atoms with van der Waals surface area (Å²) in [6.07, 6.45) is 1.67. The van der Waals surface area contributed by atoms with E-state index in [0.29, 0.717) is 27.0 Å². The Kier molecular flexibility index (Phi) is 3.84. The monoisotopic (exact) mass is 280 g/mol. The third-order valence-corrected chi connectivity index (χ3v) is 2.97. The molecule has 0 atom stereocenters. The number of hydrogen-bond donors (Lipinski definition) is 1. The number of nitrogen functional groups attached to an aromatic ring is 1. The Labute approximate surface area is 115 Å². The Morgan fingerprint density at radius 2 is 2.00 bits per heavy atom. The number of pyridine rings is 1. The van der Waals surface area contributed by atoms with E-state index >= 15 is 0 Å². The summed E-state index contributed by atoms with van der Waals surface area (Å²) in [6.45, 7) is 0. The predicted molar refractivity (Wildman–Crippen MR) is 73.1 cm³/mol. The number of Topliss-reactive ketones (excluding diaryl/α,β-unsaturated/α-hetero) is 1. The van der Waals surface area contributed by atoms with Crippen molar-refractivity contribution in [2.75, 3.05) is 5.73 Å². The number of rotatable bonds is 3. The molecule has 0 aliphatic carbocycles. The van der Waals surface area contributed by atoms with E-state index in [0.717, 1.165) is 0 Å². The number of benzene rings is 1. The molecule has 3 nitrogen and oxygen atoms in total. The lowest BCUT2D eigenvalue weighted by Gasteiger charge is -2.04. The molecule has 2 N–H and O–H groups in total. The maximum Gasteiger partial charge on any atom is 0.170 e. The number of nitrogens with two attached hydrogens (primary N) is 1. The Morgan fingerprint density at radius 3 is 2.67 bits per heavy atom. The third-order valence-electron chi connectivity index (χ3n) is 2.42. The Hall–Kier alpha value is -1.58. The van der Waals surface area contributed by atoms with Gasteiger partial charge in [-0.05, 0) is 30.3 Å². The molecule has 1 aromatic carbocycles. The lowest BCUT2D eigenvalue weighted by atomic mass is 10.1. The Morgan fingerprint density at radius 1 is 1.22 bits per heavy atom. The smallest absolute Gasteiger partial charge is 0.170 e. The number of ketones is 1. The van der Waals surface area contributed by atoms with Crippen LogP contribution in [0.2, 0.25) is 10.0 Å². The van der Waals surface area contributed by atoms with E-state index in [1.54, 1.807) is 30.3 Å². The van der Waals surface area contributed by atoms with Crippen LogP contribution in [0.25, 0.3) is 0 Å². The topological polar surface area (TPSA) is 56.0 Å². The van der Waals surface area contributed by atoms with Gasteiger partial charge in [-0.1, -0.05) is 23.2 Å². The maximum atomic E-state index is 12.1. The normalized spacial score (nSPS) is 10.3. The van der Waals surface area contributed by atoms with Crippen molar-refractivity contribution in [2.45, 2.75) is 6.42 Å². The molecule has 0 bridgehead atoms. The molecular weight excluding hydrogens is 271 g/mol. The first-order valence-electron chi connectivity index (χ1n) is 5.25. The molecule has 0 unspecified atom stereocenters. The molecule has 18 heavy (non-hydrogen) atoms. The van der Waals surface area contributed by atoms with Gasteiger partial charge in [-0.3, -0.25) is 9.78 Å². The van der Waals surface area contributed by atoms with E-state index in [9.17, 15) is 4.79 Å². The molecule has 2 aromatic rings. The first kappa shape index (κ1) is 12.9. The van der Waals surface area contributed by atoms with Gasteiger partial charge in [0.25, 0.3) is 0 Å². The minimum atomic E-state index is -0.123. The van der Waals surface area contributed by atoms with Crippen LogP contribution in [0.4, 0.5) is 5.69 Å². The zero-order chi connectivity index (χ0) is 13.1. The molecule has 0 spiro atoms. The van der Waals surface area contributed by atoms with Gasteiger partial charge in [0.15, 0.2) is 5.78 Å². The van der Waals surface area contributed by atoms with Gasteiger partial charge < -0.3 is 5.73 Å². The highest BCUT2D eigenvalue weighted by Crippen LogP contribution is 2.20. The van der Waals surface area contributed by atoms with Crippen LogP contribution in [-0.2, 0) is 6.42 Å². The van der Waals surface area contributed by atoms with Crippen LogP contribution in [-0.4, -0.2) is 10.8 Å². The van der Waals surface area contributed by atoms with Gasteiger partial charge in [0, 0.05) is 23.1 Å². The van der Waals surface area contributed by atoms with Crippen molar-refractivity contribution >= 4 is 34.7 Å². The fourth-order valence-electron chi connectivity index (χ4n) is 1.53. The molecule has 92 valence electrons. The van der Waals surface area contributed by atoms with Crippen LogP contribution < -0.4 is 5.73 Å². The predicted octanol–water partition coefficient (Wildman–Crippen LogP) is 3.40. The highest BCUT2D eigenvalue weighted by molar-refractivity contribution is 6.34. The molecule has 0 fully saturated rings. The second-order valence-corrected chi connectivity index (χ2v) is 4.65. The lowest BCUT2D eigenvalue weighted by Crippen LogP contribution is -2.06. The molecule has 2 rings (SSSR count). The molecule has 0 aliphatic rings. The summed E-state index contributed by atoms with van der Waals surface area (Å²) in [5.41, 5.74) is 7.19. The van der Waals surface area contributed by atoms with Crippen molar-refractivity contribution in [3.63, 3.8) is 0 Å². The SMILES string of the molecule is Nc1ccc(Cl)c(C(=O)Cc2ccc(Cl)cn2)c1. The molecule has 5 heteroatoms. The van der Waals surface area contributed by atoms with Gasteiger partial charge in [0.2, 0.25) is 0 Å². The summed E-state index contributed by atoms with van der Waals surface area (Å²) in [5.74, 6) is -0.123. The van der Waals surface area contributed by atoms with E-state index in [2.05, 4.69) is 4.98 Å². The number of aromatic nitrogens is 1. The summed E-state index contributed by atoms with van der Waals surface area (Å²) in [7, 11) is 0. The van der Waals surface area contributed by atoms with Gasteiger partial charge in [-0.25, -0.2) is 0 Å². The quantitative estimate of drug-likeness (QED) is 0.693. The first-order valence-corrected chi connectivity index (χ1v) is 6.00. The molecule has 0 radical (unpaired) electrons. The van der Waals surface area contributed by atoms with Gasteiger partial charge in [-0.2, -0.15) is 0 Å². The second kappa shape index (κ2) is 5.38.